The van der Waals surface area contributed by atoms with Crippen LogP contribution in [-0.2, 0) is 0 Å². The average Bonchev–Trinajstić information content (AvgIpc) is 1.88. The molecular weight excluding hydrogens is 144 g/mol. The molecule has 0 aromatic heterocycles. The molecular formula is C8H7O3. The molecule has 0 saturated carbocycles. The molecule has 0 aliphatic rings. The van der Waals surface area contributed by atoms with Crippen LogP contribution >= 0.6 is 0 Å². The summed E-state index contributed by atoms with van der Waals surface area (Å²) in [7, 11) is 0. The van der Waals surface area contributed by atoms with E-state index in [1.165, 1.54) is 12.1 Å². The highest BCUT2D eigenvalue weighted by atomic mass is 16.4. The number of hydrogen-bond donors (Lipinski definition) is 2. The molecule has 3 radical (unpaired) electrons. The third-order valence-corrected chi connectivity index (χ3v) is 1.13. The standard InChI is InChI=1S/C7H6O3.CH/c8-6-4-2-1-3-5(6)7(9)10;/h1-4,8H,(H,9,10);1H. The minimum atomic E-state index is -1.11. The van der Waals surface area contributed by atoms with E-state index in [1.54, 1.807) is 12.1 Å². The first kappa shape index (κ1) is 9.49. The lowest BCUT2D eigenvalue weighted by molar-refractivity contribution is 0.0694. The Kier molecular flexibility index (Phi) is 3.11. The van der Waals surface area contributed by atoms with Crippen LogP contribution in [0.2, 0.25) is 0 Å². The lowest BCUT2D eigenvalue weighted by Gasteiger charge is -1.95. The van der Waals surface area contributed by atoms with Crippen molar-refractivity contribution in [2.24, 2.45) is 0 Å². The van der Waals surface area contributed by atoms with Gasteiger partial charge in [0.25, 0.3) is 0 Å². The van der Waals surface area contributed by atoms with Gasteiger partial charge in [0, 0.05) is 0 Å². The van der Waals surface area contributed by atoms with Gasteiger partial charge < -0.3 is 10.2 Å². The second-order valence-corrected chi connectivity index (χ2v) is 1.82. The molecule has 3 heteroatoms. The van der Waals surface area contributed by atoms with Crippen molar-refractivity contribution in [1.29, 1.82) is 0 Å². The van der Waals surface area contributed by atoms with Crippen molar-refractivity contribution in [3.8, 4) is 5.75 Å². The van der Waals surface area contributed by atoms with Crippen LogP contribution in [0, 0.1) is 7.43 Å². The molecule has 0 spiro atoms. The van der Waals surface area contributed by atoms with Crippen LogP contribution in [0.3, 0.4) is 0 Å². The molecule has 0 bridgehead atoms. The number of benzene rings is 1. The van der Waals surface area contributed by atoms with Crippen molar-refractivity contribution in [2.45, 2.75) is 0 Å². The van der Waals surface area contributed by atoms with Gasteiger partial charge in [-0.25, -0.2) is 4.79 Å². The molecule has 0 saturated heterocycles. The van der Waals surface area contributed by atoms with Crippen LogP contribution in [-0.4, -0.2) is 16.2 Å². The molecule has 1 rings (SSSR count). The van der Waals surface area contributed by atoms with Crippen molar-refractivity contribution >= 4 is 5.97 Å². The van der Waals surface area contributed by atoms with Crippen LogP contribution in [0.25, 0.3) is 0 Å². The Hall–Kier alpha value is -1.51. The topological polar surface area (TPSA) is 57.5 Å². The van der Waals surface area contributed by atoms with Crippen LogP contribution in [0.1, 0.15) is 10.4 Å². The van der Waals surface area contributed by atoms with Crippen molar-refractivity contribution in [2.75, 3.05) is 0 Å². The van der Waals surface area contributed by atoms with Crippen LogP contribution < -0.4 is 0 Å². The van der Waals surface area contributed by atoms with Crippen molar-refractivity contribution < 1.29 is 15.0 Å². The van der Waals surface area contributed by atoms with Gasteiger partial charge in [-0.15, -0.1) is 0 Å². The summed E-state index contributed by atoms with van der Waals surface area (Å²) in [5.74, 6) is -1.31. The molecule has 2 N–H and O–H groups in total. The monoisotopic (exact) mass is 151 g/mol. The quantitative estimate of drug-likeness (QED) is 0.635. The first-order valence-electron chi connectivity index (χ1n) is 2.73. The van der Waals surface area contributed by atoms with Gasteiger partial charge in [-0.3, -0.25) is 0 Å². The van der Waals surface area contributed by atoms with Crippen molar-refractivity contribution in [3.05, 3.63) is 37.3 Å². The zero-order valence-corrected chi connectivity index (χ0v) is 5.69. The van der Waals surface area contributed by atoms with Gasteiger partial charge in [-0.05, 0) is 19.6 Å². The number of para-hydroxylation sites is 1. The second-order valence-electron chi connectivity index (χ2n) is 1.82. The zero-order valence-electron chi connectivity index (χ0n) is 5.69. The van der Waals surface area contributed by atoms with E-state index in [1.807, 2.05) is 0 Å². The maximum Gasteiger partial charge on any atom is 0.339 e. The van der Waals surface area contributed by atoms with Crippen LogP contribution in [0.4, 0.5) is 0 Å². The van der Waals surface area contributed by atoms with Crippen molar-refractivity contribution in [3.63, 3.8) is 0 Å². The maximum atomic E-state index is 10.3. The molecule has 0 aliphatic heterocycles. The molecule has 0 fully saturated rings. The van der Waals surface area contributed by atoms with E-state index in [0.29, 0.717) is 0 Å². The van der Waals surface area contributed by atoms with Gasteiger partial charge >= 0.3 is 5.97 Å². The van der Waals surface area contributed by atoms with Gasteiger partial charge in [-0.2, -0.15) is 0 Å². The van der Waals surface area contributed by atoms with E-state index in [4.69, 9.17) is 10.2 Å². The van der Waals surface area contributed by atoms with E-state index in [-0.39, 0.29) is 18.7 Å². The van der Waals surface area contributed by atoms with Crippen LogP contribution in [0.15, 0.2) is 24.3 Å². The second kappa shape index (κ2) is 3.61. The van der Waals surface area contributed by atoms with Gasteiger partial charge in [0.15, 0.2) is 0 Å². The Labute approximate surface area is 64.9 Å². The SMILES string of the molecule is O=C(O)c1ccccc1O.[CH]. The predicted octanol–water partition coefficient (Wildman–Crippen LogP) is 1.29. The van der Waals surface area contributed by atoms with E-state index >= 15 is 0 Å². The number of carboxylic acids is 1. The predicted molar refractivity (Wildman–Crippen MR) is 39.4 cm³/mol. The Morgan fingerprint density at radius 3 is 2.18 bits per heavy atom. The molecule has 1 aromatic rings. The largest absolute Gasteiger partial charge is 0.507 e. The minimum Gasteiger partial charge on any atom is -0.507 e. The van der Waals surface area contributed by atoms with Gasteiger partial charge in [-0.1, -0.05) is 12.1 Å². The van der Waals surface area contributed by atoms with E-state index < -0.39 is 5.97 Å². The summed E-state index contributed by atoms with van der Waals surface area (Å²) in [6.45, 7) is 0. The molecule has 0 heterocycles. The Morgan fingerprint density at radius 2 is 1.82 bits per heavy atom. The summed E-state index contributed by atoms with van der Waals surface area (Å²) in [6, 6.07) is 5.81. The molecule has 11 heavy (non-hydrogen) atoms. The fourth-order valence-electron chi connectivity index (χ4n) is 0.654. The van der Waals surface area contributed by atoms with E-state index in [2.05, 4.69) is 0 Å². The molecule has 0 atom stereocenters. The fraction of sp³-hybridized carbons (Fsp3) is 0. The van der Waals surface area contributed by atoms with Crippen molar-refractivity contribution in [1.82, 2.24) is 0 Å². The molecule has 57 valence electrons. The summed E-state index contributed by atoms with van der Waals surface area (Å²) < 4.78 is 0. The number of aromatic carboxylic acids is 1. The molecule has 0 aliphatic carbocycles. The lowest BCUT2D eigenvalue weighted by atomic mass is 10.2. The maximum absolute atomic E-state index is 10.3. The highest BCUT2D eigenvalue weighted by Crippen LogP contribution is 2.14. The zero-order chi connectivity index (χ0) is 7.56. The molecule has 1 aromatic carbocycles. The summed E-state index contributed by atoms with van der Waals surface area (Å²) >= 11 is 0. The number of carboxylic acid groups (broad SMARTS) is 1. The number of phenols is 1. The first-order chi connectivity index (χ1) is 4.72. The number of rotatable bonds is 1. The molecule has 0 unspecified atom stereocenters. The summed E-state index contributed by atoms with van der Waals surface area (Å²) in [6.07, 6.45) is 0. The van der Waals surface area contributed by atoms with Gasteiger partial charge in [0.2, 0.25) is 0 Å². The van der Waals surface area contributed by atoms with E-state index in [0.717, 1.165) is 0 Å². The summed E-state index contributed by atoms with van der Waals surface area (Å²) in [5.41, 5.74) is -0.0671. The third-order valence-electron chi connectivity index (χ3n) is 1.13. The van der Waals surface area contributed by atoms with Gasteiger partial charge in [0.05, 0.1) is 0 Å². The highest BCUT2D eigenvalue weighted by Gasteiger charge is 2.05. The average molecular weight is 151 g/mol. The number of carbonyl (C=O) groups is 1. The normalized spacial score (nSPS) is 8.36. The molecule has 0 amide bonds. The van der Waals surface area contributed by atoms with Gasteiger partial charge in [0.1, 0.15) is 11.3 Å². The minimum absolute atomic E-state index is 0. The third kappa shape index (κ3) is 1.97. The Morgan fingerprint density at radius 1 is 1.27 bits per heavy atom. The first-order valence-corrected chi connectivity index (χ1v) is 2.73. The van der Waals surface area contributed by atoms with E-state index in [9.17, 15) is 4.79 Å². The number of hydrogen-bond acceptors (Lipinski definition) is 2. The lowest BCUT2D eigenvalue weighted by Crippen LogP contribution is -1.95. The smallest absolute Gasteiger partial charge is 0.339 e. The Bertz CT molecular complexity index is 255. The summed E-state index contributed by atoms with van der Waals surface area (Å²) in [5, 5.41) is 17.3. The summed E-state index contributed by atoms with van der Waals surface area (Å²) in [4.78, 5) is 10.3. The highest BCUT2D eigenvalue weighted by molar-refractivity contribution is 5.90. The fourth-order valence-corrected chi connectivity index (χ4v) is 0.654. The van der Waals surface area contributed by atoms with Crippen LogP contribution in [0.5, 0.6) is 5.75 Å². The number of aromatic hydroxyl groups is 1. The molecule has 3 nitrogen and oxygen atoms in total. The Balaban J connectivity index is 0.000001000.